The highest BCUT2D eigenvalue weighted by Gasteiger charge is 2.24. The van der Waals surface area contributed by atoms with Gasteiger partial charge < -0.3 is 9.88 Å². The van der Waals surface area contributed by atoms with Crippen molar-refractivity contribution < 1.29 is 4.79 Å². The van der Waals surface area contributed by atoms with E-state index >= 15 is 0 Å². The van der Waals surface area contributed by atoms with Crippen molar-refractivity contribution in [1.82, 2.24) is 29.7 Å². The van der Waals surface area contributed by atoms with Gasteiger partial charge in [-0.2, -0.15) is 0 Å². The molecule has 1 aliphatic heterocycles. The summed E-state index contributed by atoms with van der Waals surface area (Å²) in [6, 6.07) is 8.05. The van der Waals surface area contributed by atoms with E-state index < -0.39 is 0 Å². The van der Waals surface area contributed by atoms with Gasteiger partial charge in [-0.15, -0.1) is 0 Å². The first-order valence-electron chi connectivity index (χ1n) is 8.85. The summed E-state index contributed by atoms with van der Waals surface area (Å²) in [6.07, 6.45) is 1.64. The van der Waals surface area contributed by atoms with E-state index in [-0.39, 0.29) is 5.91 Å². The number of nitrogens with one attached hydrogen (secondary N) is 1. The first kappa shape index (κ1) is 16.7. The minimum Gasteiger partial charge on any atom is -0.341 e. The number of para-hydroxylation sites is 2. The molecule has 1 fully saturated rings. The number of carbonyl (C=O) groups excluding carboxylic acids is 1. The number of benzene rings is 1. The van der Waals surface area contributed by atoms with Crippen LogP contribution in [0.15, 0.2) is 30.5 Å². The lowest BCUT2D eigenvalue weighted by Crippen LogP contribution is -2.48. The minimum absolute atomic E-state index is 0.0193. The first-order valence-corrected chi connectivity index (χ1v) is 8.85. The van der Waals surface area contributed by atoms with Crippen molar-refractivity contribution in [3.05, 3.63) is 53.4 Å². The van der Waals surface area contributed by atoms with Crippen LogP contribution in [0.5, 0.6) is 0 Å². The third-order valence-electron chi connectivity index (χ3n) is 4.80. The van der Waals surface area contributed by atoms with Crippen LogP contribution in [0.4, 0.5) is 0 Å². The number of fused-ring (bicyclic) bond motifs is 1. The van der Waals surface area contributed by atoms with Crippen molar-refractivity contribution >= 4 is 16.9 Å². The number of piperazine rings is 1. The highest BCUT2D eigenvalue weighted by Crippen LogP contribution is 2.14. The van der Waals surface area contributed by atoms with Crippen LogP contribution in [0.3, 0.4) is 0 Å². The van der Waals surface area contributed by atoms with Crippen LogP contribution in [-0.2, 0) is 6.54 Å². The number of aromatic nitrogens is 4. The van der Waals surface area contributed by atoms with E-state index in [1.54, 1.807) is 6.20 Å². The maximum absolute atomic E-state index is 12.7. The van der Waals surface area contributed by atoms with Gasteiger partial charge in [-0.1, -0.05) is 12.1 Å². The monoisotopic (exact) mass is 350 g/mol. The number of rotatable bonds is 3. The molecule has 0 bridgehead atoms. The van der Waals surface area contributed by atoms with Gasteiger partial charge in [0.2, 0.25) is 0 Å². The molecule has 1 aliphatic rings. The van der Waals surface area contributed by atoms with Crippen molar-refractivity contribution in [3.8, 4) is 0 Å². The maximum atomic E-state index is 12.7. The lowest BCUT2D eigenvalue weighted by Gasteiger charge is -2.34. The van der Waals surface area contributed by atoms with Crippen LogP contribution >= 0.6 is 0 Å². The van der Waals surface area contributed by atoms with Crippen molar-refractivity contribution in [2.75, 3.05) is 26.2 Å². The Kier molecular flexibility index (Phi) is 4.38. The van der Waals surface area contributed by atoms with Crippen LogP contribution < -0.4 is 0 Å². The summed E-state index contributed by atoms with van der Waals surface area (Å²) < 4.78 is 0. The summed E-state index contributed by atoms with van der Waals surface area (Å²) in [5.74, 6) is 1.68. The molecule has 4 rings (SSSR count). The molecule has 0 spiro atoms. The van der Waals surface area contributed by atoms with Crippen molar-refractivity contribution in [1.29, 1.82) is 0 Å². The summed E-state index contributed by atoms with van der Waals surface area (Å²) in [6.45, 7) is 7.52. The molecule has 1 aromatic carbocycles. The zero-order valence-electron chi connectivity index (χ0n) is 15.1. The molecule has 0 atom stereocenters. The topological polar surface area (TPSA) is 78.0 Å². The Hall–Kier alpha value is -2.80. The first-order chi connectivity index (χ1) is 12.6. The highest BCUT2D eigenvalue weighted by atomic mass is 16.2. The molecule has 0 radical (unpaired) electrons. The Morgan fingerprint density at radius 1 is 1.12 bits per heavy atom. The van der Waals surface area contributed by atoms with E-state index in [0.29, 0.717) is 24.5 Å². The van der Waals surface area contributed by atoms with E-state index in [4.69, 9.17) is 0 Å². The van der Waals surface area contributed by atoms with Crippen LogP contribution in [0, 0.1) is 13.8 Å². The van der Waals surface area contributed by atoms with Crippen molar-refractivity contribution in [2.45, 2.75) is 20.4 Å². The zero-order chi connectivity index (χ0) is 18.1. The fraction of sp³-hybridized carbons (Fsp3) is 0.368. The highest BCUT2D eigenvalue weighted by molar-refractivity contribution is 5.95. The van der Waals surface area contributed by atoms with Gasteiger partial charge in [0.1, 0.15) is 11.6 Å². The van der Waals surface area contributed by atoms with Gasteiger partial charge in [0.15, 0.2) is 0 Å². The van der Waals surface area contributed by atoms with Gasteiger partial charge in [0, 0.05) is 32.4 Å². The number of H-pyrrole nitrogens is 1. The second kappa shape index (κ2) is 6.84. The summed E-state index contributed by atoms with van der Waals surface area (Å²) in [7, 11) is 0. The molecule has 0 unspecified atom stereocenters. The van der Waals surface area contributed by atoms with E-state index in [2.05, 4.69) is 24.8 Å². The van der Waals surface area contributed by atoms with E-state index in [1.807, 2.05) is 43.0 Å². The molecule has 1 N–H and O–H groups in total. The number of imidazole rings is 1. The number of amides is 1. The van der Waals surface area contributed by atoms with Crippen LogP contribution in [0.2, 0.25) is 0 Å². The number of hydrogen-bond acceptors (Lipinski definition) is 5. The molecule has 2 aromatic heterocycles. The molecule has 1 saturated heterocycles. The fourth-order valence-corrected chi connectivity index (χ4v) is 3.36. The van der Waals surface area contributed by atoms with Gasteiger partial charge in [0.25, 0.3) is 5.91 Å². The van der Waals surface area contributed by atoms with Gasteiger partial charge in [-0.05, 0) is 26.0 Å². The SMILES string of the molecule is Cc1ncc(C(=O)N2CCN(Cc3nc4ccccc4[nH]3)CC2)c(C)n1. The second-order valence-electron chi connectivity index (χ2n) is 6.69. The average Bonchev–Trinajstić information content (AvgIpc) is 3.04. The third-order valence-corrected chi connectivity index (χ3v) is 4.80. The molecule has 7 heteroatoms. The Morgan fingerprint density at radius 3 is 2.62 bits per heavy atom. The molecule has 3 heterocycles. The maximum Gasteiger partial charge on any atom is 0.257 e. The average molecular weight is 350 g/mol. The lowest BCUT2D eigenvalue weighted by atomic mass is 10.2. The van der Waals surface area contributed by atoms with E-state index in [9.17, 15) is 4.79 Å². The zero-order valence-corrected chi connectivity index (χ0v) is 15.1. The molecule has 3 aromatic rings. The summed E-state index contributed by atoms with van der Waals surface area (Å²) >= 11 is 0. The number of hydrogen-bond donors (Lipinski definition) is 1. The molecular formula is C19H22N6O. The molecule has 1 amide bonds. The summed E-state index contributed by atoms with van der Waals surface area (Å²) in [4.78, 5) is 33.4. The minimum atomic E-state index is 0.0193. The van der Waals surface area contributed by atoms with E-state index in [1.165, 1.54) is 0 Å². The number of aromatic amines is 1. The summed E-state index contributed by atoms with van der Waals surface area (Å²) in [5.41, 5.74) is 3.39. The van der Waals surface area contributed by atoms with Gasteiger partial charge in [0.05, 0.1) is 28.8 Å². The summed E-state index contributed by atoms with van der Waals surface area (Å²) in [5, 5.41) is 0. The Bertz CT molecular complexity index is 909. The predicted molar refractivity (Wildman–Crippen MR) is 98.8 cm³/mol. The Labute approximate surface area is 152 Å². The van der Waals surface area contributed by atoms with Gasteiger partial charge >= 0.3 is 0 Å². The molecule has 26 heavy (non-hydrogen) atoms. The number of nitrogens with zero attached hydrogens (tertiary/aromatic N) is 5. The van der Waals surface area contributed by atoms with E-state index in [0.717, 1.165) is 42.2 Å². The molecule has 0 aliphatic carbocycles. The quantitative estimate of drug-likeness (QED) is 0.781. The standard InChI is InChI=1S/C19H22N6O/c1-13-15(11-20-14(2)21-13)19(26)25-9-7-24(8-10-25)12-18-22-16-5-3-4-6-17(16)23-18/h3-6,11H,7-10,12H2,1-2H3,(H,22,23). The van der Waals surface area contributed by atoms with Crippen molar-refractivity contribution in [2.24, 2.45) is 0 Å². The second-order valence-corrected chi connectivity index (χ2v) is 6.69. The number of aryl methyl sites for hydroxylation is 2. The molecule has 0 saturated carbocycles. The van der Waals surface area contributed by atoms with Gasteiger partial charge in [-0.25, -0.2) is 15.0 Å². The molecule has 7 nitrogen and oxygen atoms in total. The van der Waals surface area contributed by atoms with Crippen molar-refractivity contribution in [3.63, 3.8) is 0 Å². The normalized spacial score (nSPS) is 15.5. The smallest absolute Gasteiger partial charge is 0.257 e. The Balaban J connectivity index is 1.38. The Morgan fingerprint density at radius 2 is 1.88 bits per heavy atom. The third kappa shape index (κ3) is 3.30. The predicted octanol–water partition coefficient (Wildman–Crippen LogP) is 1.93. The van der Waals surface area contributed by atoms with Crippen LogP contribution in [0.25, 0.3) is 11.0 Å². The van der Waals surface area contributed by atoms with Crippen LogP contribution in [-0.4, -0.2) is 61.8 Å². The molecule has 134 valence electrons. The fourth-order valence-electron chi connectivity index (χ4n) is 3.36. The van der Waals surface area contributed by atoms with Crippen LogP contribution in [0.1, 0.15) is 27.7 Å². The number of carbonyl (C=O) groups is 1. The lowest BCUT2D eigenvalue weighted by molar-refractivity contribution is 0.0624. The van der Waals surface area contributed by atoms with Gasteiger partial charge in [-0.3, -0.25) is 9.69 Å². The molecular weight excluding hydrogens is 328 g/mol. The largest absolute Gasteiger partial charge is 0.341 e.